The molecule has 3 amide bonds. The predicted octanol–water partition coefficient (Wildman–Crippen LogP) is 2.66. The second-order valence-corrected chi connectivity index (χ2v) is 13.6. The number of carbonyl (C=O) groups excluding carboxylic acids is 4. The molecule has 12 heteroatoms. The zero-order valence-electron chi connectivity index (χ0n) is 27.6. The van der Waals surface area contributed by atoms with Crippen LogP contribution in [0.15, 0.2) is 48.6 Å². The molecule has 5 bridgehead atoms. The van der Waals surface area contributed by atoms with Gasteiger partial charge < -0.3 is 30.0 Å². The Hall–Kier alpha value is -3.74. The average molecular weight is 653 g/mol. The first-order chi connectivity index (χ1) is 22.4. The molecular formula is C35H48N4O8. The number of esters is 1. The number of allylic oxidation sites excluding steroid dienone is 2. The van der Waals surface area contributed by atoms with E-state index in [0.29, 0.717) is 44.2 Å². The van der Waals surface area contributed by atoms with Gasteiger partial charge in [0.05, 0.1) is 24.7 Å². The molecule has 3 fully saturated rings. The number of ether oxygens (including phenoxy) is 3. The number of aromatic hydroxyl groups is 1. The Bertz CT molecular complexity index is 1380. The monoisotopic (exact) mass is 652 g/mol. The predicted molar refractivity (Wildman–Crippen MR) is 172 cm³/mol. The van der Waals surface area contributed by atoms with Gasteiger partial charge in [0, 0.05) is 25.3 Å². The van der Waals surface area contributed by atoms with Crippen molar-refractivity contribution in [3.63, 3.8) is 0 Å². The Balaban J connectivity index is 1.44. The van der Waals surface area contributed by atoms with Crippen LogP contribution in [0.4, 0.5) is 0 Å². The molecule has 12 nitrogen and oxygen atoms in total. The third-order valence-corrected chi connectivity index (χ3v) is 9.48. The van der Waals surface area contributed by atoms with Gasteiger partial charge in [-0.25, -0.2) is 5.43 Å². The standard InChI is InChI=1S/C35H48N4O8/c1-21(2)29-32(42)36-27(20-23-11-9-12-24(40)19-23)33(43)39-17-10-13-26(38-39)34(44)45-18-8-6-5-7-14-28-22(3)30-25(31(41)37-29)15-16-35(4,46-28)47-30/h5-7,9,11-12,14,19,21-22,25-30,38,40H,8,10,13,15-18,20H2,1-4H3,(H,36,42)(H,37,41)/b6-5+,14-7+/t22-,25+,26-,27-,28-,29-,30+,35?/m0/s1. The van der Waals surface area contributed by atoms with Gasteiger partial charge >= 0.3 is 5.97 Å². The molecule has 4 heterocycles. The molecule has 0 radical (unpaired) electrons. The summed E-state index contributed by atoms with van der Waals surface area (Å²) >= 11 is 0. The molecule has 0 aliphatic carbocycles. The first-order valence-corrected chi connectivity index (χ1v) is 16.8. The minimum absolute atomic E-state index is 0.0339. The van der Waals surface area contributed by atoms with Crippen LogP contribution in [-0.2, 0) is 39.8 Å². The number of hydrogen-bond acceptors (Lipinski definition) is 9. The van der Waals surface area contributed by atoms with Crippen molar-refractivity contribution < 1.29 is 38.5 Å². The molecule has 3 saturated heterocycles. The highest BCUT2D eigenvalue weighted by molar-refractivity contribution is 5.93. The second kappa shape index (κ2) is 15.0. The number of cyclic esters (lactones) is 1. The topological polar surface area (TPSA) is 156 Å². The van der Waals surface area contributed by atoms with Crippen LogP contribution in [-0.4, -0.2) is 83.1 Å². The molecule has 4 aliphatic rings. The molecule has 8 atom stereocenters. The Labute approximate surface area is 276 Å². The van der Waals surface area contributed by atoms with Crippen molar-refractivity contribution in [3.05, 3.63) is 54.1 Å². The van der Waals surface area contributed by atoms with Gasteiger partial charge in [-0.1, -0.05) is 57.2 Å². The quantitative estimate of drug-likeness (QED) is 0.361. The number of hydrazine groups is 1. The number of carbonyl (C=O) groups is 4. The van der Waals surface area contributed by atoms with Crippen molar-refractivity contribution in [2.24, 2.45) is 17.8 Å². The van der Waals surface area contributed by atoms with E-state index in [2.05, 4.69) is 16.1 Å². The molecule has 0 aromatic heterocycles. The third-order valence-electron chi connectivity index (χ3n) is 9.48. The van der Waals surface area contributed by atoms with Gasteiger partial charge in [0.25, 0.3) is 5.91 Å². The summed E-state index contributed by atoms with van der Waals surface area (Å²) in [4.78, 5) is 54.7. The maximum absolute atomic E-state index is 14.0. The van der Waals surface area contributed by atoms with Crippen molar-refractivity contribution in [2.45, 2.75) is 102 Å². The molecule has 256 valence electrons. The van der Waals surface area contributed by atoms with Gasteiger partial charge in [-0.2, -0.15) is 0 Å². The van der Waals surface area contributed by atoms with E-state index in [1.807, 2.05) is 52.0 Å². The highest BCUT2D eigenvalue weighted by Crippen LogP contribution is 2.44. The largest absolute Gasteiger partial charge is 0.508 e. The summed E-state index contributed by atoms with van der Waals surface area (Å²) in [5.74, 6) is -3.40. The lowest BCUT2D eigenvalue weighted by Gasteiger charge is -2.51. The van der Waals surface area contributed by atoms with Crippen molar-refractivity contribution in [2.75, 3.05) is 13.2 Å². The maximum atomic E-state index is 14.0. The summed E-state index contributed by atoms with van der Waals surface area (Å²) < 4.78 is 18.2. The van der Waals surface area contributed by atoms with Crippen LogP contribution in [0.5, 0.6) is 5.75 Å². The van der Waals surface area contributed by atoms with Crippen molar-refractivity contribution in [1.82, 2.24) is 21.1 Å². The summed E-state index contributed by atoms with van der Waals surface area (Å²) in [5.41, 5.74) is 3.64. The summed E-state index contributed by atoms with van der Waals surface area (Å²) in [6.45, 7) is 8.08. The molecule has 1 unspecified atom stereocenters. The van der Waals surface area contributed by atoms with E-state index in [0.717, 1.165) is 0 Å². The highest BCUT2D eigenvalue weighted by Gasteiger charge is 2.51. The number of rotatable bonds is 3. The van der Waals surface area contributed by atoms with Crippen LogP contribution >= 0.6 is 0 Å². The lowest BCUT2D eigenvalue weighted by molar-refractivity contribution is -0.344. The Morgan fingerprint density at radius 2 is 1.87 bits per heavy atom. The summed E-state index contributed by atoms with van der Waals surface area (Å²) in [5, 5.41) is 17.3. The Morgan fingerprint density at radius 3 is 2.64 bits per heavy atom. The fourth-order valence-corrected chi connectivity index (χ4v) is 6.80. The number of fused-ring (bicyclic) bond motifs is 4. The van der Waals surface area contributed by atoms with E-state index in [1.165, 1.54) is 17.1 Å². The normalized spacial score (nSPS) is 35.6. The highest BCUT2D eigenvalue weighted by atomic mass is 16.7. The number of amides is 3. The van der Waals surface area contributed by atoms with Crippen LogP contribution in [0.3, 0.4) is 0 Å². The molecule has 1 aromatic rings. The molecule has 5 rings (SSSR count). The van der Waals surface area contributed by atoms with Gasteiger partial charge in [-0.15, -0.1) is 0 Å². The van der Waals surface area contributed by atoms with E-state index < -0.39 is 53.7 Å². The SMILES string of the molecule is CC(C)[C@@H]1NC(=O)[C@@H]2CCC3(C)O[C@@H]2[C@@H](C)[C@H](/C=C/C=C/CCOC(=O)[C@@H]2CCCN(N2)C(=O)[C@H](Cc2cccc(O)c2)NC1=O)O3. The number of phenolic OH excluding ortho intramolecular Hbond substituents is 1. The zero-order valence-corrected chi connectivity index (χ0v) is 27.6. The first-order valence-electron chi connectivity index (χ1n) is 16.8. The molecular weight excluding hydrogens is 604 g/mol. The minimum Gasteiger partial charge on any atom is -0.508 e. The molecule has 1 aromatic carbocycles. The maximum Gasteiger partial charge on any atom is 0.324 e. The molecule has 4 N–H and O–H groups in total. The first kappa shape index (κ1) is 34.6. The van der Waals surface area contributed by atoms with Crippen molar-refractivity contribution >= 4 is 23.7 Å². The minimum atomic E-state index is -1.05. The average Bonchev–Trinajstić information content (AvgIpc) is 3.04. The van der Waals surface area contributed by atoms with Crippen LogP contribution in [0, 0.1) is 17.8 Å². The van der Waals surface area contributed by atoms with Crippen LogP contribution in [0.25, 0.3) is 0 Å². The Kier molecular flexibility index (Phi) is 11.0. The van der Waals surface area contributed by atoms with E-state index in [1.54, 1.807) is 12.1 Å². The van der Waals surface area contributed by atoms with Crippen LogP contribution in [0.2, 0.25) is 0 Å². The molecule has 0 saturated carbocycles. The Morgan fingerprint density at radius 1 is 1.06 bits per heavy atom. The molecule has 47 heavy (non-hydrogen) atoms. The van der Waals surface area contributed by atoms with Gasteiger partial charge in [-0.3, -0.25) is 24.2 Å². The van der Waals surface area contributed by atoms with E-state index in [-0.39, 0.29) is 42.6 Å². The number of hydrogen-bond donors (Lipinski definition) is 4. The van der Waals surface area contributed by atoms with Crippen molar-refractivity contribution in [3.8, 4) is 5.75 Å². The van der Waals surface area contributed by atoms with E-state index in [9.17, 15) is 24.3 Å². The third kappa shape index (κ3) is 8.41. The van der Waals surface area contributed by atoms with Gasteiger partial charge in [0.15, 0.2) is 5.79 Å². The summed E-state index contributed by atoms with van der Waals surface area (Å²) in [6.07, 6.45) is 9.64. The van der Waals surface area contributed by atoms with E-state index in [4.69, 9.17) is 14.2 Å². The number of benzene rings is 1. The lowest BCUT2D eigenvalue weighted by atomic mass is 9.79. The van der Waals surface area contributed by atoms with Gasteiger partial charge in [-0.05, 0) is 56.2 Å². The summed E-state index contributed by atoms with van der Waals surface area (Å²) in [7, 11) is 0. The lowest BCUT2D eigenvalue weighted by Crippen LogP contribution is -2.63. The molecule has 0 spiro atoms. The van der Waals surface area contributed by atoms with Gasteiger partial charge in [0.2, 0.25) is 11.8 Å². The van der Waals surface area contributed by atoms with Crippen molar-refractivity contribution in [1.29, 1.82) is 0 Å². The number of nitrogens with one attached hydrogen (secondary N) is 3. The molecule has 4 aliphatic heterocycles. The number of phenols is 1. The second-order valence-electron chi connectivity index (χ2n) is 13.6. The van der Waals surface area contributed by atoms with Gasteiger partial charge in [0.1, 0.15) is 23.9 Å². The fraction of sp³-hybridized carbons (Fsp3) is 0.600. The smallest absolute Gasteiger partial charge is 0.324 e. The zero-order chi connectivity index (χ0) is 33.7. The summed E-state index contributed by atoms with van der Waals surface area (Å²) in [6, 6.07) is 3.80. The fourth-order valence-electron chi connectivity index (χ4n) is 6.80. The van der Waals surface area contributed by atoms with Crippen LogP contribution < -0.4 is 16.1 Å². The van der Waals surface area contributed by atoms with E-state index >= 15 is 0 Å². The van der Waals surface area contributed by atoms with Crippen LogP contribution in [0.1, 0.15) is 65.4 Å². The number of nitrogens with zero attached hydrogens (tertiary/aromatic N) is 1.